The Labute approximate surface area is 176 Å². The molecule has 1 saturated heterocycles. The lowest BCUT2D eigenvalue weighted by Gasteiger charge is -2.31. The number of rotatable bonds is 5. The summed E-state index contributed by atoms with van der Waals surface area (Å²) in [6, 6.07) is 11.3. The molecule has 3 aliphatic heterocycles. The lowest BCUT2D eigenvalue weighted by molar-refractivity contribution is 0.0274. The van der Waals surface area contributed by atoms with Crippen molar-refractivity contribution >= 4 is 11.9 Å². The minimum Gasteiger partial charge on any atom is -0.493 e. The zero-order valence-electron chi connectivity index (χ0n) is 17.1. The number of ketones is 1. The van der Waals surface area contributed by atoms with Crippen LogP contribution in [0.4, 0.5) is 0 Å². The summed E-state index contributed by atoms with van der Waals surface area (Å²) in [6.07, 6.45) is 4.20. The van der Waals surface area contributed by atoms with Gasteiger partial charge in [-0.2, -0.15) is 0 Å². The topological polar surface area (TPSA) is 57.2 Å². The third-order valence-corrected chi connectivity index (χ3v) is 5.67. The van der Waals surface area contributed by atoms with Gasteiger partial charge in [-0.3, -0.25) is 9.69 Å². The molecule has 30 heavy (non-hydrogen) atoms. The maximum absolute atomic E-state index is 13.0. The van der Waals surface area contributed by atoms with E-state index in [0.29, 0.717) is 37.0 Å². The molecule has 0 radical (unpaired) electrons. The lowest BCUT2D eigenvalue weighted by atomic mass is 10.0. The first-order valence-corrected chi connectivity index (χ1v) is 10.5. The van der Waals surface area contributed by atoms with Crippen LogP contribution in [0.3, 0.4) is 0 Å². The van der Waals surface area contributed by atoms with Gasteiger partial charge in [-0.15, -0.1) is 0 Å². The van der Waals surface area contributed by atoms with Crippen LogP contribution in [0.25, 0.3) is 6.08 Å². The maximum atomic E-state index is 13.0. The number of hydrogen-bond acceptors (Lipinski definition) is 6. The number of nitrogens with zero attached hydrogens (tertiary/aromatic N) is 1. The number of fused-ring (bicyclic) bond motifs is 3. The van der Waals surface area contributed by atoms with Crippen molar-refractivity contribution in [1.82, 2.24) is 4.90 Å². The van der Waals surface area contributed by atoms with E-state index in [1.807, 2.05) is 37.3 Å². The zero-order chi connectivity index (χ0) is 20.5. The average molecular weight is 407 g/mol. The van der Waals surface area contributed by atoms with E-state index in [1.165, 1.54) is 0 Å². The molecule has 0 N–H and O–H groups in total. The number of carbonyl (C=O) groups is 1. The molecule has 1 fully saturated rings. The highest BCUT2D eigenvalue weighted by Crippen LogP contribution is 2.42. The van der Waals surface area contributed by atoms with Gasteiger partial charge in [0.1, 0.15) is 24.0 Å². The van der Waals surface area contributed by atoms with Gasteiger partial charge >= 0.3 is 0 Å². The number of carbonyl (C=O) groups excluding carboxylic acids is 1. The highest BCUT2D eigenvalue weighted by atomic mass is 16.5. The summed E-state index contributed by atoms with van der Waals surface area (Å²) in [4.78, 5) is 15.2. The molecule has 5 rings (SSSR count). The van der Waals surface area contributed by atoms with Gasteiger partial charge in [0.25, 0.3) is 0 Å². The Balaban J connectivity index is 1.42. The summed E-state index contributed by atoms with van der Waals surface area (Å²) in [5, 5.41) is 0. The first-order chi connectivity index (χ1) is 14.7. The Morgan fingerprint density at radius 3 is 2.97 bits per heavy atom. The summed E-state index contributed by atoms with van der Waals surface area (Å²) >= 11 is 0. The highest BCUT2D eigenvalue weighted by Gasteiger charge is 2.34. The average Bonchev–Trinajstić information content (AvgIpc) is 3.38. The van der Waals surface area contributed by atoms with E-state index in [1.54, 1.807) is 12.1 Å². The second-order valence-corrected chi connectivity index (χ2v) is 7.75. The van der Waals surface area contributed by atoms with Gasteiger partial charge in [0, 0.05) is 25.3 Å². The van der Waals surface area contributed by atoms with Crippen molar-refractivity contribution in [1.29, 1.82) is 0 Å². The van der Waals surface area contributed by atoms with E-state index >= 15 is 0 Å². The van der Waals surface area contributed by atoms with Crippen molar-refractivity contribution in [2.45, 2.75) is 32.4 Å². The Hall–Kier alpha value is -2.83. The largest absolute Gasteiger partial charge is 0.493 e. The smallest absolute Gasteiger partial charge is 0.231 e. The van der Waals surface area contributed by atoms with E-state index in [9.17, 15) is 4.79 Å². The summed E-state index contributed by atoms with van der Waals surface area (Å²) in [6.45, 7) is 5.34. The van der Waals surface area contributed by atoms with Crippen molar-refractivity contribution in [3.63, 3.8) is 0 Å². The number of allylic oxidation sites excluding steroid dienone is 1. The lowest BCUT2D eigenvalue weighted by Crippen LogP contribution is -2.37. The molecule has 0 aliphatic carbocycles. The molecule has 0 bridgehead atoms. The van der Waals surface area contributed by atoms with Crippen molar-refractivity contribution in [3.8, 4) is 17.2 Å². The van der Waals surface area contributed by atoms with E-state index in [-0.39, 0.29) is 11.9 Å². The fraction of sp³-hybridized carbons (Fsp3) is 0.375. The normalized spacial score (nSPS) is 21.8. The molecule has 156 valence electrons. The molecule has 1 atom stereocenters. The number of ether oxygens (including phenoxy) is 4. The number of para-hydroxylation sites is 1. The highest BCUT2D eigenvalue weighted by molar-refractivity contribution is 6.15. The van der Waals surface area contributed by atoms with Gasteiger partial charge in [-0.25, -0.2) is 0 Å². The molecule has 0 amide bonds. The van der Waals surface area contributed by atoms with Crippen LogP contribution in [0, 0.1) is 0 Å². The summed E-state index contributed by atoms with van der Waals surface area (Å²) in [7, 11) is 0. The van der Waals surface area contributed by atoms with Crippen LogP contribution < -0.4 is 14.2 Å². The summed E-state index contributed by atoms with van der Waals surface area (Å²) < 4.78 is 23.5. The summed E-state index contributed by atoms with van der Waals surface area (Å²) in [5.41, 5.74) is 2.32. The SMILES string of the molecule is CCOc1ccccc1/C=C1\Oc2c(ccc3c2CN(CC2CCCO2)CO3)C1=O. The van der Waals surface area contributed by atoms with Gasteiger partial charge in [-0.05, 0) is 44.0 Å². The number of benzene rings is 2. The molecule has 6 heteroatoms. The van der Waals surface area contributed by atoms with E-state index in [4.69, 9.17) is 18.9 Å². The first kappa shape index (κ1) is 19.2. The van der Waals surface area contributed by atoms with Crippen LogP contribution in [-0.4, -0.2) is 43.3 Å². The second-order valence-electron chi connectivity index (χ2n) is 7.75. The van der Waals surface area contributed by atoms with E-state index < -0.39 is 0 Å². The van der Waals surface area contributed by atoms with Crippen LogP contribution in [0.1, 0.15) is 41.3 Å². The van der Waals surface area contributed by atoms with Gasteiger partial charge in [0.15, 0.2) is 5.76 Å². The summed E-state index contributed by atoms with van der Waals surface area (Å²) in [5.74, 6) is 2.31. The Morgan fingerprint density at radius 2 is 2.13 bits per heavy atom. The van der Waals surface area contributed by atoms with Crippen molar-refractivity contribution in [2.24, 2.45) is 0 Å². The Morgan fingerprint density at radius 1 is 1.23 bits per heavy atom. The fourth-order valence-electron chi connectivity index (χ4n) is 4.23. The standard InChI is InChI=1S/C24H25NO5/c1-2-27-20-8-4-3-6-16(20)12-22-23(26)18-9-10-21-19(24(18)30-22)14-25(15-29-21)13-17-7-5-11-28-17/h3-4,6,8-10,12,17H,2,5,7,11,13-15H2,1H3/b22-12-. The van der Waals surface area contributed by atoms with Crippen LogP contribution in [-0.2, 0) is 11.3 Å². The van der Waals surface area contributed by atoms with E-state index in [0.717, 1.165) is 48.6 Å². The van der Waals surface area contributed by atoms with Gasteiger partial charge in [0.05, 0.1) is 23.8 Å². The van der Waals surface area contributed by atoms with E-state index in [2.05, 4.69) is 4.90 Å². The molecule has 3 aliphatic rings. The predicted molar refractivity (Wildman–Crippen MR) is 112 cm³/mol. The van der Waals surface area contributed by atoms with Crippen molar-refractivity contribution in [3.05, 3.63) is 58.8 Å². The zero-order valence-corrected chi connectivity index (χ0v) is 17.1. The monoisotopic (exact) mass is 407 g/mol. The van der Waals surface area contributed by atoms with Gasteiger partial charge in [-0.1, -0.05) is 18.2 Å². The molecule has 2 aromatic carbocycles. The van der Waals surface area contributed by atoms with Crippen LogP contribution >= 0.6 is 0 Å². The maximum Gasteiger partial charge on any atom is 0.231 e. The molecule has 0 spiro atoms. The molecular formula is C24H25NO5. The minimum absolute atomic E-state index is 0.115. The van der Waals surface area contributed by atoms with Crippen LogP contribution in [0.2, 0.25) is 0 Å². The number of Topliss-reactive ketones (excluding diaryl/α,β-unsaturated/α-hetero) is 1. The minimum atomic E-state index is -0.115. The van der Waals surface area contributed by atoms with Crippen LogP contribution in [0.15, 0.2) is 42.2 Å². The second kappa shape index (κ2) is 8.13. The predicted octanol–water partition coefficient (Wildman–Crippen LogP) is 4.03. The van der Waals surface area contributed by atoms with Crippen molar-refractivity contribution in [2.75, 3.05) is 26.5 Å². The van der Waals surface area contributed by atoms with Crippen molar-refractivity contribution < 1.29 is 23.7 Å². The molecule has 1 unspecified atom stereocenters. The molecule has 2 aromatic rings. The number of hydrogen-bond donors (Lipinski definition) is 0. The first-order valence-electron chi connectivity index (χ1n) is 10.5. The van der Waals surface area contributed by atoms with Gasteiger partial charge < -0.3 is 18.9 Å². The molecule has 6 nitrogen and oxygen atoms in total. The van der Waals surface area contributed by atoms with Crippen LogP contribution in [0.5, 0.6) is 17.2 Å². The fourth-order valence-corrected chi connectivity index (χ4v) is 4.23. The molecule has 3 heterocycles. The third-order valence-electron chi connectivity index (χ3n) is 5.67. The Kier molecular flexibility index (Phi) is 5.19. The molecule has 0 aromatic heterocycles. The quantitative estimate of drug-likeness (QED) is 0.698. The molecular weight excluding hydrogens is 382 g/mol. The third kappa shape index (κ3) is 3.57. The Bertz CT molecular complexity index is 993. The molecule has 0 saturated carbocycles. The van der Waals surface area contributed by atoms with Gasteiger partial charge in [0.2, 0.25) is 5.78 Å².